The van der Waals surface area contributed by atoms with Crippen molar-refractivity contribution in [2.24, 2.45) is 34.8 Å². The molecule has 0 heterocycles. The molecule has 0 aromatic rings. The molecule has 4 unspecified atom stereocenters. The van der Waals surface area contributed by atoms with Crippen LogP contribution in [0.25, 0.3) is 0 Å². The summed E-state index contributed by atoms with van der Waals surface area (Å²) in [5.41, 5.74) is 6.60. The third-order valence-electron chi connectivity index (χ3n) is 6.00. The van der Waals surface area contributed by atoms with E-state index in [0.29, 0.717) is 17.4 Å². The SMILES string of the molecule is CC(CNCC1CCC(N)C(C)C1(C)C)C1CC1. The van der Waals surface area contributed by atoms with E-state index in [2.05, 4.69) is 33.0 Å². The average molecular weight is 252 g/mol. The van der Waals surface area contributed by atoms with Crippen molar-refractivity contribution in [1.82, 2.24) is 5.32 Å². The van der Waals surface area contributed by atoms with Crippen molar-refractivity contribution in [2.75, 3.05) is 13.1 Å². The maximum atomic E-state index is 6.22. The van der Waals surface area contributed by atoms with Gasteiger partial charge in [0, 0.05) is 6.04 Å². The van der Waals surface area contributed by atoms with E-state index in [4.69, 9.17) is 5.73 Å². The zero-order valence-corrected chi connectivity index (χ0v) is 12.7. The van der Waals surface area contributed by atoms with Gasteiger partial charge in [-0.3, -0.25) is 0 Å². The second kappa shape index (κ2) is 5.50. The zero-order chi connectivity index (χ0) is 13.3. The molecule has 3 N–H and O–H groups in total. The molecule has 0 spiro atoms. The van der Waals surface area contributed by atoms with Crippen LogP contribution in [-0.4, -0.2) is 19.1 Å². The Bertz CT molecular complexity index is 270. The van der Waals surface area contributed by atoms with Gasteiger partial charge in [-0.05, 0) is 67.9 Å². The predicted octanol–water partition coefficient (Wildman–Crippen LogP) is 3.02. The molecule has 0 bridgehead atoms. The first kappa shape index (κ1) is 14.3. The van der Waals surface area contributed by atoms with Crippen LogP contribution >= 0.6 is 0 Å². The van der Waals surface area contributed by atoms with Crippen LogP contribution in [-0.2, 0) is 0 Å². The highest BCUT2D eigenvalue weighted by atomic mass is 14.9. The van der Waals surface area contributed by atoms with Crippen LogP contribution in [0.4, 0.5) is 0 Å². The maximum Gasteiger partial charge on any atom is 0.00698 e. The Kier molecular flexibility index (Phi) is 4.38. The van der Waals surface area contributed by atoms with E-state index in [9.17, 15) is 0 Å². The minimum atomic E-state index is 0.382. The van der Waals surface area contributed by atoms with Crippen molar-refractivity contribution in [3.63, 3.8) is 0 Å². The van der Waals surface area contributed by atoms with Gasteiger partial charge in [0.1, 0.15) is 0 Å². The summed E-state index contributed by atoms with van der Waals surface area (Å²) < 4.78 is 0. The lowest BCUT2D eigenvalue weighted by Gasteiger charge is -2.47. The lowest BCUT2D eigenvalue weighted by Crippen LogP contribution is -2.49. The monoisotopic (exact) mass is 252 g/mol. The van der Waals surface area contributed by atoms with Crippen LogP contribution < -0.4 is 11.1 Å². The Balaban J connectivity index is 1.77. The maximum absolute atomic E-state index is 6.22. The molecule has 2 rings (SSSR count). The molecule has 18 heavy (non-hydrogen) atoms. The Morgan fingerprint density at radius 3 is 2.50 bits per heavy atom. The first-order valence-electron chi connectivity index (χ1n) is 7.89. The van der Waals surface area contributed by atoms with Crippen molar-refractivity contribution in [1.29, 1.82) is 0 Å². The quantitative estimate of drug-likeness (QED) is 0.789. The summed E-state index contributed by atoms with van der Waals surface area (Å²) in [6.07, 6.45) is 5.42. The summed E-state index contributed by atoms with van der Waals surface area (Å²) in [7, 11) is 0. The Morgan fingerprint density at radius 1 is 1.22 bits per heavy atom. The van der Waals surface area contributed by atoms with Crippen LogP contribution in [0.3, 0.4) is 0 Å². The molecule has 2 aliphatic rings. The second-order valence-electron chi connectivity index (χ2n) is 7.52. The summed E-state index contributed by atoms with van der Waals surface area (Å²) in [5, 5.41) is 3.73. The minimum Gasteiger partial charge on any atom is -0.327 e. The third kappa shape index (κ3) is 3.08. The smallest absolute Gasteiger partial charge is 0.00698 e. The highest BCUT2D eigenvalue weighted by Gasteiger charge is 2.41. The Morgan fingerprint density at radius 2 is 1.89 bits per heavy atom. The molecule has 2 aliphatic carbocycles. The summed E-state index contributed by atoms with van der Waals surface area (Å²) in [6, 6.07) is 0.404. The lowest BCUT2D eigenvalue weighted by molar-refractivity contribution is 0.0535. The molecule has 0 aromatic carbocycles. The van der Waals surface area contributed by atoms with Gasteiger partial charge in [-0.15, -0.1) is 0 Å². The lowest BCUT2D eigenvalue weighted by atomic mass is 9.61. The van der Waals surface area contributed by atoms with E-state index in [1.54, 1.807) is 0 Å². The molecule has 0 aromatic heterocycles. The summed E-state index contributed by atoms with van der Waals surface area (Å²) in [6.45, 7) is 11.9. The van der Waals surface area contributed by atoms with Crippen LogP contribution in [0.1, 0.15) is 53.4 Å². The fourth-order valence-corrected chi connectivity index (χ4v) is 3.62. The topological polar surface area (TPSA) is 38.0 Å². The number of nitrogens with one attached hydrogen (secondary N) is 1. The number of rotatable bonds is 5. The molecular formula is C16H32N2. The molecule has 0 saturated heterocycles. The third-order valence-corrected chi connectivity index (χ3v) is 6.00. The van der Waals surface area contributed by atoms with Gasteiger partial charge in [-0.1, -0.05) is 27.7 Å². The summed E-state index contributed by atoms with van der Waals surface area (Å²) in [5.74, 6) is 3.32. The first-order chi connectivity index (χ1) is 8.43. The fourth-order valence-electron chi connectivity index (χ4n) is 3.62. The highest BCUT2D eigenvalue weighted by molar-refractivity contribution is 4.94. The predicted molar refractivity (Wildman–Crippen MR) is 78.4 cm³/mol. The normalized spacial score (nSPS) is 37.5. The Labute approximate surface area is 113 Å². The minimum absolute atomic E-state index is 0.382. The molecule has 2 heteroatoms. The van der Waals surface area contributed by atoms with Gasteiger partial charge in [0.15, 0.2) is 0 Å². The molecule has 2 nitrogen and oxygen atoms in total. The van der Waals surface area contributed by atoms with E-state index in [0.717, 1.165) is 17.8 Å². The van der Waals surface area contributed by atoms with E-state index < -0.39 is 0 Å². The van der Waals surface area contributed by atoms with Crippen LogP contribution in [0.15, 0.2) is 0 Å². The van der Waals surface area contributed by atoms with E-state index in [-0.39, 0.29) is 0 Å². The van der Waals surface area contributed by atoms with Crippen molar-refractivity contribution in [3.05, 3.63) is 0 Å². The molecular weight excluding hydrogens is 220 g/mol. The zero-order valence-electron chi connectivity index (χ0n) is 12.7. The summed E-state index contributed by atoms with van der Waals surface area (Å²) in [4.78, 5) is 0. The van der Waals surface area contributed by atoms with Gasteiger partial charge in [-0.2, -0.15) is 0 Å². The second-order valence-corrected chi connectivity index (χ2v) is 7.52. The molecule has 2 fully saturated rings. The molecule has 0 radical (unpaired) electrons. The van der Waals surface area contributed by atoms with Crippen LogP contribution in [0.2, 0.25) is 0 Å². The standard InChI is InChI=1S/C16H32N2/c1-11(13-5-6-13)9-18-10-14-7-8-15(17)12(2)16(14,3)4/h11-15,18H,5-10,17H2,1-4H3. The van der Waals surface area contributed by atoms with Gasteiger partial charge in [0.05, 0.1) is 0 Å². The fraction of sp³-hybridized carbons (Fsp3) is 1.00. The Hall–Kier alpha value is -0.0800. The van der Waals surface area contributed by atoms with Crippen molar-refractivity contribution in [2.45, 2.75) is 59.4 Å². The number of nitrogens with two attached hydrogens (primary N) is 1. The van der Waals surface area contributed by atoms with Gasteiger partial charge in [-0.25, -0.2) is 0 Å². The van der Waals surface area contributed by atoms with Crippen molar-refractivity contribution >= 4 is 0 Å². The highest BCUT2D eigenvalue weighted by Crippen LogP contribution is 2.44. The van der Waals surface area contributed by atoms with Crippen molar-refractivity contribution in [3.8, 4) is 0 Å². The van der Waals surface area contributed by atoms with E-state index >= 15 is 0 Å². The van der Waals surface area contributed by atoms with Gasteiger partial charge in [0.2, 0.25) is 0 Å². The molecule has 2 saturated carbocycles. The van der Waals surface area contributed by atoms with Gasteiger partial charge in [0.25, 0.3) is 0 Å². The molecule has 0 amide bonds. The number of hydrogen-bond acceptors (Lipinski definition) is 2. The van der Waals surface area contributed by atoms with Gasteiger partial charge >= 0.3 is 0 Å². The van der Waals surface area contributed by atoms with Crippen LogP contribution in [0.5, 0.6) is 0 Å². The van der Waals surface area contributed by atoms with E-state index in [1.165, 1.54) is 38.8 Å². The molecule has 4 atom stereocenters. The van der Waals surface area contributed by atoms with E-state index in [1.807, 2.05) is 0 Å². The van der Waals surface area contributed by atoms with Crippen LogP contribution in [0, 0.1) is 29.1 Å². The van der Waals surface area contributed by atoms with Gasteiger partial charge < -0.3 is 11.1 Å². The number of hydrogen-bond donors (Lipinski definition) is 2. The molecule has 106 valence electrons. The first-order valence-corrected chi connectivity index (χ1v) is 7.89. The average Bonchev–Trinajstić information content (AvgIpc) is 3.13. The largest absolute Gasteiger partial charge is 0.327 e. The molecule has 0 aliphatic heterocycles. The summed E-state index contributed by atoms with van der Waals surface area (Å²) >= 11 is 0. The van der Waals surface area contributed by atoms with Crippen molar-refractivity contribution < 1.29 is 0 Å².